The van der Waals surface area contributed by atoms with E-state index >= 15 is 0 Å². The van der Waals surface area contributed by atoms with E-state index in [-0.39, 0.29) is 17.3 Å². The van der Waals surface area contributed by atoms with Crippen LogP contribution in [0.2, 0.25) is 0 Å². The van der Waals surface area contributed by atoms with Crippen LogP contribution in [0, 0.1) is 5.41 Å². The first-order chi connectivity index (χ1) is 15.0. The van der Waals surface area contributed by atoms with Crippen molar-refractivity contribution in [1.82, 2.24) is 25.0 Å². The molecule has 1 aromatic carbocycles. The fourth-order valence-corrected chi connectivity index (χ4v) is 3.24. The summed E-state index contributed by atoms with van der Waals surface area (Å²) in [6, 6.07) is 5.27. The molecule has 3 aromatic rings. The smallest absolute Gasteiger partial charge is 0.254 e. The summed E-state index contributed by atoms with van der Waals surface area (Å²) in [5.41, 5.74) is 8.00. The van der Waals surface area contributed by atoms with Gasteiger partial charge in [0.25, 0.3) is 11.9 Å². The molecule has 2 aromatic heterocycles. The number of nitrogens with zero attached hydrogens (tertiary/aromatic N) is 6. The maximum absolute atomic E-state index is 11.9. The number of rotatable bonds is 6. The Hall–Kier alpha value is -4.15. The van der Waals surface area contributed by atoms with E-state index in [4.69, 9.17) is 15.9 Å². The van der Waals surface area contributed by atoms with Crippen molar-refractivity contribution in [3.05, 3.63) is 42.4 Å². The van der Waals surface area contributed by atoms with Crippen LogP contribution < -0.4 is 15.8 Å². The van der Waals surface area contributed by atoms with Crippen molar-refractivity contribution in [2.75, 3.05) is 12.4 Å². The van der Waals surface area contributed by atoms with Gasteiger partial charge in [0.05, 0.1) is 30.9 Å². The lowest BCUT2D eigenvalue weighted by Crippen LogP contribution is -2.18. The first kappa shape index (κ1) is 20.1. The van der Waals surface area contributed by atoms with E-state index in [2.05, 4.69) is 30.5 Å². The number of ether oxygens (including phenoxy) is 1. The van der Waals surface area contributed by atoms with Gasteiger partial charge in [-0.3, -0.25) is 4.79 Å². The number of nitrogens with one attached hydrogen (secondary N) is 2. The van der Waals surface area contributed by atoms with Gasteiger partial charge >= 0.3 is 0 Å². The molecular formula is C20H21N9O2. The third-order valence-electron chi connectivity index (χ3n) is 4.79. The van der Waals surface area contributed by atoms with E-state index in [1.165, 1.54) is 11.0 Å². The molecule has 4 N–H and O–H groups in total. The molecule has 2 heterocycles. The fourth-order valence-electron chi connectivity index (χ4n) is 3.24. The molecule has 1 fully saturated rings. The molecular weight excluding hydrogens is 398 g/mol. The lowest BCUT2D eigenvalue weighted by molar-refractivity contribution is 0.100. The number of anilines is 2. The maximum Gasteiger partial charge on any atom is 0.254 e. The molecule has 4 rings (SSSR count). The Morgan fingerprint density at radius 2 is 2.03 bits per heavy atom. The lowest BCUT2D eigenvalue weighted by atomic mass is 9.96. The number of benzene rings is 1. The molecule has 31 heavy (non-hydrogen) atoms. The Morgan fingerprint density at radius 3 is 2.74 bits per heavy atom. The molecule has 1 aliphatic rings. The van der Waals surface area contributed by atoms with Gasteiger partial charge in [-0.2, -0.15) is 15.2 Å². The van der Waals surface area contributed by atoms with E-state index in [9.17, 15) is 4.79 Å². The standard InChI is InChI=1S/C20H21N9O2/c1-31-17-7-6-12(10-16(17)29-24-8-9-25-29)26-19-13(18(22)30)11-23-20(28-19)27-15-5-3-2-4-14(15)21/h6-11,21H,2-5H2,1H3,(H2,22,30)(H,23,26,28). The van der Waals surface area contributed by atoms with Gasteiger partial charge in [-0.25, -0.2) is 9.98 Å². The summed E-state index contributed by atoms with van der Waals surface area (Å²) in [4.78, 5) is 26.3. The number of carbonyl (C=O) groups is 1. The first-order valence-corrected chi connectivity index (χ1v) is 9.69. The summed E-state index contributed by atoms with van der Waals surface area (Å²) >= 11 is 0. The Morgan fingerprint density at radius 1 is 1.26 bits per heavy atom. The molecule has 158 valence electrons. The van der Waals surface area contributed by atoms with Crippen LogP contribution in [0.4, 0.5) is 17.5 Å². The fraction of sp³-hybridized carbons (Fsp3) is 0.250. The van der Waals surface area contributed by atoms with Crippen LogP contribution >= 0.6 is 0 Å². The van der Waals surface area contributed by atoms with Gasteiger partial charge in [0.15, 0.2) is 0 Å². The minimum atomic E-state index is -0.672. The molecule has 0 aliphatic heterocycles. The third-order valence-corrected chi connectivity index (χ3v) is 4.79. The summed E-state index contributed by atoms with van der Waals surface area (Å²) in [5.74, 6) is 0.280. The van der Waals surface area contributed by atoms with Crippen LogP contribution in [0.3, 0.4) is 0 Å². The molecule has 0 saturated heterocycles. The zero-order chi connectivity index (χ0) is 21.8. The Bertz CT molecular complexity index is 1160. The molecule has 11 nitrogen and oxygen atoms in total. The van der Waals surface area contributed by atoms with Crippen LogP contribution in [0.15, 0.2) is 41.8 Å². The monoisotopic (exact) mass is 419 g/mol. The van der Waals surface area contributed by atoms with Gasteiger partial charge in [-0.1, -0.05) is 0 Å². The molecule has 1 aliphatic carbocycles. The SMILES string of the molecule is COc1ccc(Nc2nc(N=C3CCCCC3=N)ncc2C(N)=O)cc1-n1nccn1. The van der Waals surface area contributed by atoms with Crippen LogP contribution in [0.1, 0.15) is 36.0 Å². The van der Waals surface area contributed by atoms with Gasteiger partial charge in [0.1, 0.15) is 22.8 Å². The first-order valence-electron chi connectivity index (χ1n) is 9.69. The van der Waals surface area contributed by atoms with Gasteiger partial charge in [0, 0.05) is 11.9 Å². The van der Waals surface area contributed by atoms with E-state index in [1.807, 2.05) is 0 Å². The predicted octanol–water partition coefficient (Wildman–Crippen LogP) is 2.57. The topological polar surface area (TPSA) is 157 Å². The predicted molar refractivity (Wildman–Crippen MR) is 115 cm³/mol. The summed E-state index contributed by atoms with van der Waals surface area (Å²) in [5, 5.41) is 19.4. The summed E-state index contributed by atoms with van der Waals surface area (Å²) in [6.45, 7) is 0. The van der Waals surface area contributed by atoms with E-state index in [0.29, 0.717) is 41.4 Å². The number of nitrogens with two attached hydrogens (primary N) is 1. The average Bonchev–Trinajstić information content (AvgIpc) is 3.30. The number of methoxy groups -OCH3 is 1. The van der Waals surface area contributed by atoms with Crippen LogP contribution in [-0.4, -0.2) is 49.4 Å². The highest BCUT2D eigenvalue weighted by molar-refractivity contribution is 6.42. The van der Waals surface area contributed by atoms with Crippen molar-refractivity contribution in [2.24, 2.45) is 10.7 Å². The number of hydrogen-bond acceptors (Lipinski definition) is 9. The highest BCUT2D eigenvalue weighted by Gasteiger charge is 2.17. The van der Waals surface area contributed by atoms with Crippen molar-refractivity contribution in [1.29, 1.82) is 5.41 Å². The van der Waals surface area contributed by atoms with Crippen molar-refractivity contribution < 1.29 is 9.53 Å². The quantitative estimate of drug-likeness (QED) is 0.554. The molecule has 0 atom stereocenters. The van der Waals surface area contributed by atoms with E-state index < -0.39 is 5.91 Å². The lowest BCUT2D eigenvalue weighted by Gasteiger charge is -2.14. The average molecular weight is 419 g/mol. The van der Waals surface area contributed by atoms with Crippen molar-refractivity contribution in [2.45, 2.75) is 25.7 Å². The Balaban J connectivity index is 1.70. The normalized spacial score (nSPS) is 15.1. The van der Waals surface area contributed by atoms with Crippen LogP contribution in [0.5, 0.6) is 5.75 Å². The van der Waals surface area contributed by atoms with E-state index in [1.54, 1.807) is 37.7 Å². The highest BCUT2D eigenvalue weighted by atomic mass is 16.5. The molecule has 0 radical (unpaired) electrons. The number of carbonyl (C=O) groups excluding carboxylic acids is 1. The van der Waals surface area contributed by atoms with Gasteiger partial charge in [-0.05, 0) is 43.9 Å². The third kappa shape index (κ3) is 4.39. The zero-order valence-corrected chi connectivity index (χ0v) is 16.9. The minimum Gasteiger partial charge on any atom is -0.494 e. The Kier molecular flexibility index (Phi) is 5.65. The minimum absolute atomic E-state index is 0.122. The van der Waals surface area contributed by atoms with Gasteiger partial charge < -0.3 is 21.2 Å². The second-order valence-corrected chi connectivity index (χ2v) is 6.87. The van der Waals surface area contributed by atoms with Gasteiger partial charge in [-0.15, -0.1) is 4.80 Å². The number of hydrogen-bond donors (Lipinski definition) is 3. The maximum atomic E-state index is 11.9. The number of aromatic nitrogens is 5. The molecule has 0 unspecified atom stereocenters. The van der Waals surface area contributed by atoms with Crippen LogP contribution in [-0.2, 0) is 0 Å². The number of amides is 1. The number of primary amides is 1. The summed E-state index contributed by atoms with van der Waals surface area (Å²) < 4.78 is 5.38. The van der Waals surface area contributed by atoms with Crippen molar-refractivity contribution >= 4 is 34.8 Å². The highest BCUT2D eigenvalue weighted by Crippen LogP contribution is 2.28. The summed E-state index contributed by atoms with van der Waals surface area (Å²) in [6.07, 6.45) is 7.81. The molecule has 0 spiro atoms. The van der Waals surface area contributed by atoms with E-state index in [0.717, 1.165) is 12.8 Å². The molecule has 1 saturated carbocycles. The second-order valence-electron chi connectivity index (χ2n) is 6.87. The van der Waals surface area contributed by atoms with Crippen molar-refractivity contribution in [3.63, 3.8) is 0 Å². The number of aliphatic imine (C=N–C) groups is 1. The van der Waals surface area contributed by atoms with Crippen LogP contribution in [0.25, 0.3) is 5.69 Å². The second kappa shape index (κ2) is 8.69. The van der Waals surface area contributed by atoms with Crippen molar-refractivity contribution in [3.8, 4) is 11.4 Å². The Labute approximate surface area is 177 Å². The molecule has 11 heteroatoms. The molecule has 0 bridgehead atoms. The molecule has 1 amide bonds. The van der Waals surface area contributed by atoms with Gasteiger partial charge in [0.2, 0.25) is 0 Å². The summed E-state index contributed by atoms with van der Waals surface area (Å²) in [7, 11) is 1.55. The zero-order valence-electron chi connectivity index (χ0n) is 16.9. The largest absolute Gasteiger partial charge is 0.494 e.